The maximum atomic E-state index is 13.0. The highest BCUT2D eigenvalue weighted by Crippen LogP contribution is 2.18. The third kappa shape index (κ3) is 4.59. The number of carbonyl (C=O) groups excluding carboxylic acids is 1. The zero-order valence-electron chi connectivity index (χ0n) is 17.1. The highest BCUT2D eigenvalue weighted by atomic mass is 32.2. The van der Waals surface area contributed by atoms with Gasteiger partial charge in [-0.1, -0.05) is 44.9 Å². The van der Waals surface area contributed by atoms with E-state index in [1.165, 1.54) is 16.8 Å². The van der Waals surface area contributed by atoms with Crippen LogP contribution in [0, 0.1) is 0 Å². The first-order chi connectivity index (χ1) is 14.4. The average Bonchev–Trinajstić information content (AvgIpc) is 2.76. The SMILES string of the molecule is CCCCCn1nc(C(=O)Nc2ccc(S(=O)(=O)CC)cc2)c2ccccc2c1=O. The number of fused-ring (bicyclic) bond motifs is 1. The summed E-state index contributed by atoms with van der Waals surface area (Å²) in [7, 11) is -3.31. The molecule has 8 heteroatoms. The van der Waals surface area contributed by atoms with Gasteiger partial charge in [-0.15, -0.1) is 0 Å². The lowest BCUT2D eigenvalue weighted by Crippen LogP contribution is -2.27. The number of nitrogens with one attached hydrogen (secondary N) is 1. The van der Waals surface area contributed by atoms with Gasteiger partial charge in [0, 0.05) is 17.6 Å². The first-order valence-corrected chi connectivity index (χ1v) is 11.7. The molecule has 0 aliphatic rings. The Labute approximate surface area is 175 Å². The van der Waals surface area contributed by atoms with Crippen LogP contribution in [0.25, 0.3) is 10.8 Å². The Kier molecular flexibility index (Phi) is 6.66. The van der Waals surface area contributed by atoms with E-state index in [-0.39, 0.29) is 21.9 Å². The summed E-state index contributed by atoms with van der Waals surface area (Å²) in [5, 5.41) is 8.01. The van der Waals surface area contributed by atoms with Crippen molar-refractivity contribution in [2.45, 2.75) is 44.6 Å². The molecule has 0 atom stereocenters. The van der Waals surface area contributed by atoms with E-state index < -0.39 is 15.7 Å². The van der Waals surface area contributed by atoms with Crippen molar-refractivity contribution in [3.63, 3.8) is 0 Å². The van der Waals surface area contributed by atoms with Crippen molar-refractivity contribution in [3.8, 4) is 0 Å². The van der Waals surface area contributed by atoms with Crippen LogP contribution in [0.4, 0.5) is 5.69 Å². The van der Waals surface area contributed by atoms with E-state index in [4.69, 9.17) is 0 Å². The number of sulfone groups is 1. The predicted octanol–water partition coefficient (Wildman–Crippen LogP) is 3.63. The minimum absolute atomic E-state index is 0.00813. The van der Waals surface area contributed by atoms with Crippen molar-refractivity contribution in [1.29, 1.82) is 0 Å². The van der Waals surface area contributed by atoms with Gasteiger partial charge in [-0.25, -0.2) is 13.1 Å². The van der Waals surface area contributed by atoms with Crippen molar-refractivity contribution >= 4 is 32.2 Å². The van der Waals surface area contributed by atoms with Crippen LogP contribution in [0.3, 0.4) is 0 Å². The van der Waals surface area contributed by atoms with Crippen molar-refractivity contribution in [2.24, 2.45) is 0 Å². The standard InChI is InChI=1S/C22H25N3O4S/c1-3-5-8-15-25-22(27)19-10-7-6-9-18(19)20(24-25)21(26)23-16-11-13-17(14-12-16)30(28,29)4-2/h6-7,9-14H,3-5,8,15H2,1-2H3,(H,23,26). The molecule has 30 heavy (non-hydrogen) atoms. The molecule has 0 radical (unpaired) electrons. The first-order valence-electron chi connectivity index (χ1n) is 10.0. The number of aryl methyl sites for hydroxylation is 1. The third-order valence-electron chi connectivity index (χ3n) is 4.91. The van der Waals surface area contributed by atoms with E-state index in [0.717, 1.165) is 19.3 Å². The number of anilines is 1. The van der Waals surface area contributed by atoms with Crippen LogP contribution in [0.1, 0.15) is 43.6 Å². The molecule has 0 fully saturated rings. The molecule has 0 bridgehead atoms. The molecule has 1 amide bonds. The molecular weight excluding hydrogens is 402 g/mol. The minimum Gasteiger partial charge on any atom is -0.321 e. The molecule has 1 aromatic heterocycles. The second-order valence-electron chi connectivity index (χ2n) is 7.01. The summed E-state index contributed by atoms with van der Waals surface area (Å²) in [5.41, 5.74) is 0.393. The van der Waals surface area contributed by atoms with Gasteiger partial charge >= 0.3 is 0 Å². The van der Waals surface area contributed by atoms with E-state index in [2.05, 4.69) is 17.3 Å². The number of aromatic nitrogens is 2. The van der Waals surface area contributed by atoms with Gasteiger partial charge in [0.15, 0.2) is 15.5 Å². The Morgan fingerprint density at radius 3 is 2.30 bits per heavy atom. The second kappa shape index (κ2) is 9.21. The summed E-state index contributed by atoms with van der Waals surface area (Å²) in [6, 6.07) is 12.9. The zero-order valence-corrected chi connectivity index (χ0v) is 17.9. The zero-order chi connectivity index (χ0) is 21.7. The second-order valence-corrected chi connectivity index (χ2v) is 9.29. The Hall–Kier alpha value is -3.00. The number of hydrogen-bond acceptors (Lipinski definition) is 5. The monoisotopic (exact) mass is 427 g/mol. The maximum absolute atomic E-state index is 13.0. The number of unbranched alkanes of at least 4 members (excludes halogenated alkanes) is 2. The molecule has 0 saturated carbocycles. The van der Waals surface area contributed by atoms with Gasteiger partial charge < -0.3 is 5.32 Å². The lowest BCUT2D eigenvalue weighted by molar-refractivity contribution is 0.102. The summed E-state index contributed by atoms with van der Waals surface area (Å²) in [4.78, 5) is 25.9. The Morgan fingerprint density at radius 1 is 1.00 bits per heavy atom. The van der Waals surface area contributed by atoms with Gasteiger partial charge in [-0.05, 0) is 36.8 Å². The van der Waals surface area contributed by atoms with E-state index in [1.54, 1.807) is 43.3 Å². The van der Waals surface area contributed by atoms with Crippen molar-refractivity contribution in [3.05, 3.63) is 64.6 Å². The first kappa shape index (κ1) is 21.7. The smallest absolute Gasteiger partial charge is 0.276 e. The van der Waals surface area contributed by atoms with Crippen LogP contribution in [0.15, 0.2) is 58.2 Å². The fourth-order valence-electron chi connectivity index (χ4n) is 3.17. The highest BCUT2D eigenvalue weighted by Gasteiger charge is 2.17. The van der Waals surface area contributed by atoms with Crippen LogP contribution in [0.5, 0.6) is 0 Å². The lowest BCUT2D eigenvalue weighted by atomic mass is 10.1. The summed E-state index contributed by atoms with van der Waals surface area (Å²) in [6.45, 7) is 4.10. The number of amides is 1. The van der Waals surface area contributed by atoms with Crippen LogP contribution in [0.2, 0.25) is 0 Å². The molecule has 3 aromatic rings. The number of benzene rings is 2. The van der Waals surface area contributed by atoms with Crippen molar-refractivity contribution in [1.82, 2.24) is 9.78 Å². The molecule has 1 heterocycles. The fraction of sp³-hybridized carbons (Fsp3) is 0.318. The van der Waals surface area contributed by atoms with E-state index in [1.807, 2.05) is 0 Å². The van der Waals surface area contributed by atoms with Gasteiger partial charge in [0.2, 0.25) is 0 Å². The third-order valence-corrected chi connectivity index (χ3v) is 6.66. The maximum Gasteiger partial charge on any atom is 0.276 e. The molecule has 0 saturated heterocycles. The molecule has 158 valence electrons. The number of nitrogens with zero attached hydrogens (tertiary/aromatic N) is 2. The van der Waals surface area contributed by atoms with E-state index >= 15 is 0 Å². The van der Waals surface area contributed by atoms with Crippen LogP contribution in [-0.4, -0.2) is 29.9 Å². The van der Waals surface area contributed by atoms with Gasteiger partial charge in [0.1, 0.15) is 0 Å². The van der Waals surface area contributed by atoms with Crippen LogP contribution >= 0.6 is 0 Å². The highest BCUT2D eigenvalue weighted by molar-refractivity contribution is 7.91. The fourth-order valence-corrected chi connectivity index (χ4v) is 4.05. The van der Waals surface area contributed by atoms with Gasteiger partial charge in [-0.2, -0.15) is 5.10 Å². The van der Waals surface area contributed by atoms with Gasteiger partial charge in [0.25, 0.3) is 11.5 Å². The Bertz CT molecular complexity index is 1220. The van der Waals surface area contributed by atoms with Crippen LogP contribution < -0.4 is 10.9 Å². The van der Waals surface area contributed by atoms with Crippen LogP contribution in [-0.2, 0) is 16.4 Å². The van der Waals surface area contributed by atoms with Gasteiger partial charge in [0.05, 0.1) is 16.0 Å². The molecule has 7 nitrogen and oxygen atoms in total. The molecule has 0 aliphatic carbocycles. The quantitative estimate of drug-likeness (QED) is 0.554. The van der Waals surface area contributed by atoms with Gasteiger partial charge in [-0.3, -0.25) is 9.59 Å². The van der Waals surface area contributed by atoms with Crippen molar-refractivity contribution < 1.29 is 13.2 Å². The Balaban J connectivity index is 1.94. The number of carbonyl (C=O) groups is 1. The topological polar surface area (TPSA) is 98.1 Å². The summed E-state index contributed by atoms with van der Waals surface area (Å²) in [6.07, 6.45) is 2.78. The largest absolute Gasteiger partial charge is 0.321 e. The summed E-state index contributed by atoms with van der Waals surface area (Å²) < 4.78 is 25.3. The normalized spacial score (nSPS) is 11.5. The molecule has 1 N–H and O–H groups in total. The summed E-state index contributed by atoms with van der Waals surface area (Å²) in [5.74, 6) is -0.449. The number of hydrogen-bond donors (Lipinski definition) is 1. The van der Waals surface area contributed by atoms with E-state index in [9.17, 15) is 18.0 Å². The summed E-state index contributed by atoms with van der Waals surface area (Å²) >= 11 is 0. The predicted molar refractivity (Wildman–Crippen MR) is 118 cm³/mol. The number of rotatable bonds is 8. The molecule has 0 spiro atoms. The van der Waals surface area contributed by atoms with E-state index in [0.29, 0.717) is 23.0 Å². The molecular formula is C22H25N3O4S. The average molecular weight is 428 g/mol. The molecule has 0 aliphatic heterocycles. The Morgan fingerprint density at radius 2 is 1.67 bits per heavy atom. The molecule has 0 unspecified atom stereocenters. The van der Waals surface area contributed by atoms with Crippen molar-refractivity contribution in [2.75, 3.05) is 11.1 Å². The minimum atomic E-state index is -3.31. The molecule has 2 aromatic carbocycles. The molecule has 3 rings (SSSR count). The lowest BCUT2D eigenvalue weighted by Gasteiger charge is -2.11.